The molecule has 0 spiro atoms. The Bertz CT molecular complexity index is 367. The van der Waals surface area contributed by atoms with Crippen LogP contribution in [0.3, 0.4) is 0 Å². The van der Waals surface area contributed by atoms with E-state index in [9.17, 15) is 4.79 Å². The van der Waals surface area contributed by atoms with Gasteiger partial charge in [-0.15, -0.1) is 0 Å². The van der Waals surface area contributed by atoms with Crippen LogP contribution in [-0.2, 0) is 4.79 Å². The van der Waals surface area contributed by atoms with Crippen LogP contribution in [0.4, 0.5) is 11.5 Å². The molecule has 0 aliphatic rings. The molecule has 106 valence electrons. The molecule has 6 nitrogen and oxygen atoms in total. The first-order chi connectivity index (χ1) is 9.26. The lowest BCUT2D eigenvalue weighted by molar-refractivity contribution is -0.116. The Morgan fingerprint density at radius 2 is 2.16 bits per heavy atom. The summed E-state index contributed by atoms with van der Waals surface area (Å²) in [4.78, 5) is 15.4. The normalized spacial score (nSPS) is 10.2. The highest BCUT2D eigenvalue weighted by Gasteiger charge is 2.01. The Hall–Kier alpha value is -1.66. The molecule has 1 heterocycles. The van der Waals surface area contributed by atoms with Crippen molar-refractivity contribution in [1.82, 2.24) is 4.98 Å². The van der Waals surface area contributed by atoms with Gasteiger partial charge in [-0.05, 0) is 31.4 Å². The summed E-state index contributed by atoms with van der Waals surface area (Å²) in [5, 5.41) is 14.6. The number of pyridine rings is 1. The maximum absolute atomic E-state index is 11.3. The summed E-state index contributed by atoms with van der Waals surface area (Å²) in [7, 11) is 0. The largest absolute Gasteiger partial charge is 0.396 e. The zero-order valence-corrected chi connectivity index (χ0v) is 11.1. The van der Waals surface area contributed by atoms with Crippen molar-refractivity contribution in [3.05, 3.63) is 18.3 Å². The van der Waals surface area contributed by atoms with Crippen LogP contribution in [0.5, 0.6) is 0 Å². The summed E-state index contributed by atoms with van der Waals surface area (Å²) in [5.74, 6) is 0.406. The molecule has 1 amide bonds. The average molecular weight is 266 g/mol. The Morgan fingerprint density at radius 1 is 1.32 bits per heavy atom. The van der Waals surface area contributed by atoms with E-state index in [0.717, 1.165) is 31.5 Å². The van der Waals surface area contributed by atoms with Crippen molar-refractivity contribution in [3.8, 4) is 0 Å². The third kappa shape index (κ3) is 6.73. The third-order valence-corrected chi connectivity index (χ3v) is 2.57. The summed E-state index contributed by atoms with van der Waals surface area (Å²) in [6.07, 6.45) is 4.84. The van der Waals surface area contributed by atoms with Crippen LogP contribution in [0.15, 0.2) is 18.3 Å². The van der Waals surface area contributed by atoms with E-state index in [1.54, 1.807) is 12.3 Å². The Balaban J connectivity index is 2.29. The molecule has 0 bridgehead atoms. The summed E-state index contributed by atoms with van der Waals surface area (Å²) >= 11 is 0. The molecule has 0 saturated heterocycles. The molecule has 6 heteroatoms. The molecule has 0 aliphatic heterocycles. The van der Waals surface area contributed by atoms with E-state index in [1.165, 1.54) is 0 Å². The van der Waals surface area contributed by atoms with Gasteiger partial charge in [0.1, 0.15) is 5.82 Å². The lowest BCUT2D eigenvalue weighted by Crippen LogP contribution is -2.16. The molecule has 1 aromatic heterocycles. The minimum absolute atomic E-state index is 0.125. The number of aromatic nitrogens is 1. The van der Waals surface area contributed by atoms with Crippen LogP contribution in [0.1, 0.15) is 25.7 Å². The average Bonchev–Trinajstić information content (AvgIpc) is 2.41. The van der Waals surface area contributed by atoms with E-state index < -0.39 is 0 Å². The lowest BCUT2D eigenvalue weighted by atomic mass is 10.2. The van der Waals surface area contributed by atoms with Gasteiger partial charge in [-0.1, -0.05) is 0 Å². The van der Waals surface area contributed by atoms with Gasteiger partial charge in [-0.25, -0.2) is 4.98 Å². The highest BCUT2D eigenvalue weighted by atomic mass is 16.2. The van der Waals surface area contributed by atoms with Gasteiger partial charge in [0.25, 0.3) is 0 Å². The van der Waals surface area contributed by atoms with E-state index in [1.807, 2.05) is 6.07 Å². The number of hydrogen-bond acceptors (Lipinski definition) is 5. The van der Waals surface area contributed by atoms with Crippen LogP contribution in [0, 0.1) is 0 Å². The van der Waals surface area contributed by atoms with Gasteiger partial charge in [0.15, 0.2) is 0 Å². The van der Waals surface area contributed by atoms with E-state index in [-0.39, 0.29) is 12.5 Å². The quantitative estimate of drug-likeness (QED) is 0.498. The van der Waals surface area contributed by atoms with Crippen molar-refractivity contribution in [3.63, 3.8) is 0 Å². The highest BCUT2D eigenvalue weighted by molar-refractivity contribution is 5.89. The molecule has 1 aromatic rings. The van der Waals surface area contributed by atoms with E-state index >= 15 is 0 Å². The minimum Gasteiger partial charge on any atom is -0.396 e. The lowest BCUT2D eigenvalue weighted by Gasteiger charge is -2.07. The Morgan fingerprint density at radius 3 is 2.79 bits per heavy atom. The second-order valence-electron chi connectivity index (χ2n) is 4.23. The van der Waals surface area contributed by atoms with Gasteiger partial charge >= 0.3 is 0 Å². The number of hydrogen-bond donors (Lipinski definition) is 4. The number of anilines is 2. The van der Waals surface area contributed by atoms with E-state index in [0.29, 0.717) is 18.8 Å². The number of unbranched alkanes of at least 4 members (excludes halogenated alkanes) is 2. The fourth-order valence-corrected chi connectivity index (χ4v) is 1.56. The molecule has 0 aromatic carbocycles. The monoisotopic (exact) mass is 266 g/mol. The van der Waals surface area contributed by atoms with E-state index in [4.69, 9.17) is 10.8 Å². The fraction of sp³-hybridized carbons (Fsp3) is 0.538. The first kappa shape index (κ1) is 15.4. The first-order valence-corrected chi connectivity index (χ1v) is 6.57. The van der Waals surface area contributed by atoms with Crippen LogP contribution < -0.4 is 16.4 Å². The Kier molecular flexibility index (Phi) is 7.53. The fourth-order valence-electron chi connectivity index (χ4n) is 1.56. The number of carbonyl (C=O) groups excluding carboxylic acids is 1. The van der Waals surface area contributed by atoms with Crippen molar-refractivity contribution in [2.24, 2.45) is 5.73 Å². The summed E-state index contributed by atoms with van der Waals surface area (Å²) in [5.41, 5.74) is 6.21. The standard InChI is InChI=1S/C13H22N4O2/c14-7-6-13(19)17-12-5-4-11(10-16-12)15-8-2-1-3-9-18/h4-5,10,15,18H,1-3,6-9,14H2,(H,16,17,19). The van der Waals surface area contributed by atoms with E-state index in [2.05, 4.69) is 15.6 Å². The van der Waals surface area contributed by atoms with Crippen molar-refractivity contribution < 1.29 is 9.90 Å². The van der Waals surface area contributed by atoms with Crippen LogP contribution in [0.2, 0.25) is 0 Å². The molecule has 0 aliphatic carbocycles. The molecule has 5 N–H and O–H groups in total. The van der Waals surface area contributed by atoms with Gasteiger partial charge in [0, 0.05) is 26.1 Å². The summed E-state index contributed by atoms with van der Waals surface area (Å²) < 4.78 is 0. The predicted octanol–water partition coefficient (Wildman–Crippen LogP) is 0.943. The SMILES string of the molecule is NCCC(=O)Nc1ccc(NCCCCCO)cn1. The maximum Gasteiger partial charge on any atom is 0.226 e. The maximum atomic E-state index is 11.3. The van der Waals surface area contributed by atoms with Crippen LogP contribution >= 0.6 is 0 Å². The second kappa shape index (κ2) is 9.29. The molecule has 0 fully saturated rings. The summed E-state index contributed by atoms with van der Waals surface area (Å²) in [6.45, 7) is 1.43. The zero-order chi connectivity index (χ0) is 13.9. The molecule has 19 heavy (non-hydrogen) atoms. The molecule has 0 unspecified atom stereocenters. The Labute approximate surface area is 113 Å². The molecular weight excluding hydrogens is 244 g/mol. The number of nitrogens with two attached hydrogens (primary N) is 1. The van der Waals surface area contributed by atoms with Gasteiger partial charge in [-0.3, -0.25) is 4.79 Å². The number of amides is 1. The third-order valence-electron chi connectivity index (χ3n) is 2.57. The molecule has 0 radical (unpaired) electrons. The number of aliphatic hydroxyl groups is 1. The van der Waals surface area contributed by atoms with Crippen molar-refractivity contribution >= 4 is 17.4 Å². The topological polar surface area (TPSA) is 100 Å². The number of nitrogens with zero attached hydrogens (tertiary/aromatic N) is 1. The predicted molar refractivity (Wildman–Crippen MR) is 76.0 cm³/mol. The molecule has 0 saturated carbocycles. The van der Waals surface area contributed by atoms with Crippen molar-refractivity contribution in [2.45, 2.75) is 25.7 Å². The van der Waals surface area contributed by atoms with Crippen molar-refractivity contribution in [2.75, 3.05) is 30.3 Å². The van der Waals surface area contributed by atoms with Crippen molar-refractivity contribution in [1.29, 1.82) is 0 Å². The van der Waals surface area contributed by atoms with Crippen LogP contribution in [0.25, 0.3) is 0 Å². The van der Waals surface area contributed by atoms with Gasteiger partial charge < -0.3 is 21.5 Å². The molecule has 1 rings (SSSR count). The second-order valence-corrected chi connectivity index (χ2v) is 4.23. The zero-order valence-electron chi connectivity index (χ0n) is 11.1. The number of aliphatic hydroxyl groups excluding tert-OH is 1. The number of nitrogens with one attached hydrogen (secondary N) is 2. The number of rotatable bonds is 9. The minimum atomic E-state index is -0.125. The van der Waals surface area contributed by atoms with Gasteiger partial charge in [-0.2, -0.15) is 0 Å². The highest BCUT2D eigenvalue weighted by Crippen LogP contribution is 2.10. The first-order valence-electron chi connectivity index (χ1n) is 6.57. The van der Waals surface area contributed by atoms with Gasteiger partial charge in [0.2, 0.25) is 5.91 Å². The van der Waals surface area contributed by atoms with Crippen LogP contribution in [-0.4, -0.2) is 35.7 Å². The molecular formula is C13H22N4O2. The smallest absolute Gasteiger partial charge is 0.226 e. The molecule has 0 atom stereocenters. The summed E-state index contributed by atoms with van der Waals surface area (Å²) in [6, 6.07) is 3.63. The number of carbonyl (C=O) groups is 1. The van der Waals surface area contributed by atoms with Gasteiger partial charge in [0.05, 0.1) is 11.9 Å².